The summed E-state index contributed by atoms with van der Waals surface area (Å²) in [4.78, 5) is 14.3. The van der Waals surface area contributed by atoms with Crippen molar-refractivity contribution in [2.45, 2.75) is 51.7 Å². The first-order chi connectivity index (χ1) is 9.09. The summed E-state index contributed by atoms with van der Waals surface area (Å²) in [6.07, 6.45) is 2.71. The first kappa shape index (κ1) is 14.1. The van der Waals surface area contributed by atoms with Crippen LogP contribution in [-0.2, 0) is 4.79 Å². The van der Waals surface area contributed by atoms with Crippen LogP contribution in [0, 0.1) is 6.92 Å². The van der Waals surface area contributed by atoms with Crippen molar-refractivity contribution >= 4 is 5.91 Å². The number of nitrogens with zero attached hydrogens (tertiary/aromatic N) is 1. The summed E-state index contributed by atoms with van der Waals surface area (Å²) < 4.78 is 0. The first-order valence-electron chi connectivity index (χ1n) is 7.12. The molecule has 1 aliphatic heterocycles. The molecule has 0 radical (unpaired) electrons. The highest BCUT2D eigenvalue weighted by Crippen LogP contribution is 2.34. The molecule has 2 atom stereocenters. The Morgan fingerprint density at radius 3 is 2.89 bits per heavy atom. The average Bonchev–Trinajstić information content (AvgIpc) is 2.85. The number of aliphatic hydroxyl groups is 1. The molecular formula is C16H23NO2. The van der Waals surface area contributed by atoms with Gasteiger partial charge in [0.15, 0.2) is 0 Å². The molecule has 1 N–H and O–H groups in total. The summed E-state index contributed by atoms with van der Waals surface area (Å²) in [5, 5.41) is 9.30. The average molecular weight is 261 g/mol. The fourth-order valence-corrected chi connectivity index (χ4v) is 2.83. The zero-order valence-corrected chi connectivity index (χ0v) is 11.8. The Morgan fingerprint density at radius 2 is 2.21 bits per heavy atom. The van der Waals surface area contributed by atoms with Gasteiger partial charge in [0, 0.05) is 13.0 Å². The molecule has 1 aromatic rings. The fourth-order valence-electron chi connectivity index (χ4n) is 2.83. The summed E-state index contributed by atoms with van der Waals surface area (Å²) in [6, 6.07) is 8.53. The van der Waals surface area contributed by atoms with Crippen LogP contribution in [0.5, 0.6) is 0 Å². The third kappa shape index (κ3) is 3.35. The second-order valence-corrected chi connectivity index (χ2v) is 5.49. The Kier molecular flexibility index (Phi) is 4.59. The molecule has 1 amide bonds. The second-order valence-electron chi connectivity index (χ2n) is 5.49. The number of aliphatic hydroxyl groups excluding tert-OH is 1. The standard InChI is InChI=1S/C16H23NO2/c1-12-6-3-4-7-14(12)15-8-5-11-17(15)16(19)10-9-13(2)18/h3-4,6-7,13,15,18H,5,8-11H2,1-2H3. The summed E-state index contributed by atoms with van der Waals surface area (Å²) in [5.41, 5.74) is 2.52. The van der Waals surface area contributed by atoms with E-state index >= 15 is 0 Å². The van der Waals surface area contributed by atoms with Crippen LogP contribution < -0.4 is 0 Å². The van der Waals surface area contributed by atoms with Crippen molar-refractivity contribution in [1.82, 2.24) is 4.90 Å². The maximum atomic E-state index is 12.3. The highest BCUT2D eigenvalue weighted by Gasteiger charge is 2.30. The van der Waals surface area contributed by atoms with Crippen LogP contribution in [0.25, 0.3) is 0 Å². The summed E-state index contributed by atoms with van der Waals surface area (Å²) in [5.74, 6) is 0.173. The lowest BCUT2D eigenvalue weighted by molar-refractivity contribution is -0.132. The monoisotopic (exact) mass is 261 g/mol. The van der Waals surface area contributed by atoms with Gasteiger partial charge >= 0.3 is 0 Å². The molecule has 2 unspecified atom stereocenters. The molecule has 0 bridgehead atoms. The predicted molar refractivity (Wildman–Crippen MR) is 75.8 cm³/mol. The second kappa shape index (κ2) is 6.20. The lowest BCUT2D eigenvalue weighted by Crippen LogP contribution is -2.31. The smallest absolute Gasteiger partial charge is 0.223 e. The Labute approximate surface area is 115 Å². The summed E-state index contributed by atoms with van der Waals surface area (Å²) >= 11 is 0. The number of rotatable bonds is 4. The Morgan fingerprint density at radius 1 is 1.47 bits per heavy atom. The number of carbonyl (C=O) groups excluding carboxylic acids is 1. The number of aryl methyl sites for hydroxylation is 1. The highest BCUT2D eigenvalue weighted by atomic mass is 16.3. The Bertz CT molecular complexity index is 442. The number of benzene rings is 1. The molecule has 104 valence electrons. The molecule has 1 aromatic carbocycles. The van der Waals surface area contributed by atoms with Gasteiger partial charge in [-0.1, -0.05) is 24.3 Å². The van der Waals surface area contributed by atoms with Crippen molar-refractivity contribution in [2.24, 2.45) is 0 Å². The SMILES string of the molecule is Cc1ccccc1C1CCCN1C(=O)CCC(C)O. The minimum Gasteiger partial charge on any atom is -0.393 e. The molecule has 2 rings (SSSR count). The largest absolute Gasteiger partial charge is 0.393 e. The van der Waals surface area contributed by atoms with Gasteiger partial charge in [-0.2, -0.15) is 0 Å². The maximum absolute atomic E-state index is 12.3. The minimum absolute atomic E-state index is 0.173. The minimum atomic E-state index is -0.400. The molecule has 0 saturated carbocycles. The molecule has 1 heterocycles. The molecule has 3 heteroatoms. The molecule has 1 fully saturated rings. The van der Waals surface area contributed by atoms with Crippen LogP contribution in [0.3, 0.4) is 0 Å². The van der Waals surface area contributed by atoms with Crippen LogP contribution in [0.4, 0.5) is 0 Å². The molecule has 1 aliphatic rings. The number of amides is 1. The van der Waals surface area contributed by atoms with Gasteiger partial charge in [-0.15, -0.1) is 0 Å². The number of likely N-dealkylation sites (tertiary alicyclic amines) is 1. The van der Waals surface area contributed by atoms with Crippen molar-refractivity contribution in [3.8, 4) is 0 Å². The predicted octanol–water partition coefficient (Wildman–Crippen LogP) is 2.82. The Balaban J connectivity index is 2.09. The third-order valence-corrected chi connectivity index (χ3v) is 3.90. The van der Waals surface area contributed by atoms with E-state index in [9.17, 15) is 9.90 Å². The van der Waals surface area contributed by atoms with Gasteiger partial charge in [0.1, 0.15) is 0 Å². The van der Waals surface area contributed by atoms with Crippen LogP contribution in [0.2, 0.25) is 0 Å². The number of hydrogen-bond acceptors (Lipinski definition) is 2. The van der Waals surface area contributed by atoms with Crippen LogP contribution >= 0.6 is 0 Å². The van der Waals surface area contributed by atoms with Gasteiger partial charge in [0.2, 0.25) is 5.91 Å². The first-order valence-corrected chi connectivity index (χ1v) is 7.12. The maximum Gasteiger partial charge on any atom is 0.223 e. The van der Waals surface area contributed by atoms with Crippen LogP contribution in [0.15, 0.2) is 24.3 Å². The van der Waals surface area contributed by atoms with E-state index in [1.54, 1.807) is 6.92 Å². The van der Waals surface area contributed by atoms with Gasteiger partial charge in [-0.25, -0.2) is 0 Å². The van der Waals surface area contributed by atoms with Crippen molar-refractivity contribution in [2.75, 3.05) is 6.54 Å². The zero-order valence-electron chi connectivity index (χ0n) is 11.8. The van der Waals surface area contributed by atoms with Gasteiger partial charge in [0.25, 0.3) is 0 Å². The van der Waals surface area contributed by atoms with Crippen LogP contribution in [-0.4, -0.2) is 28.6 Å². The van der Waals surface area contributed by atoms with Crippen molar-refractivity contribution in [3.05, 3.63) is 35.4 Å². The zero-order chi connectivity index (χ0) is 13.8. The molecule has 0 aromatic heterocycles. The van der Waals surface area contributed by atoms with Gasteiger partial charge in [-0.05, 0) is 44.2 Å². The van der Waals surface area contributed by atoms with E-state index in [-0.39, 0.29) is 11.9 Å². The van der Waals surface area contributed by atoms with E-state index < -0.39 is 6.10 Å². The van der Waals surface area contributed by atoms with Crippen LogP contribution in [0.1, 0.15) is 49.8 Å². The normalized spacial score (nSPS) is 20.6. The molecule has 1 saturated heterocycles. The lowest BCUT2D eigenvalue weighted by Gasteiger charge is -2.26. The molecule has 0 spiro atoms. The van der Waals surface area contributed by atoms with E-state index in [2.05, 4.69) is 19.1 Å². The quantitative estimate of drug-likeness (QED) is 0.905. The van der Waals surface area contributed by atoms with E-state index in [1.807, 2.05) is 17.0 Å². The number of carbonyl (C=O) groups is 1. The molecule has 0 aliphatic carbocycles. The van der Waals surface area contributed by atoms with E-state index in [1.165, 1.54) is 11.1 Å². The topological polar surface area (TPSA) is 40.5 Å². The molecule has 19 heavy (non-hydrogen) atoms. The molecule has 3 nitrogen and oxygen atoms in total. The third-order valence-electron chi connectivity index (χ3n) is 3.90. The molecular weight excluding hydrogens is 238 g/mol. The van der Waals surface area contributed by atoms with Crippen molar-refractivity contribution < 1.29 is 9.90 Å². The fraction of sp³-hybridized carbons (Fsp3) is 0.562. The van der Waals surface area contributed by atoms with E-state index in [4.69, 9.17) is 0 Å². The van der Waals surface area contributed by atoms with Crippen molar-refractivity contribution in [3.63, 3.8) is 0 Å². The van der Waals surface area contributed by atoms with E-state index in [0.29, 0.717) is 12.8 Å². The van der Waals surface area contributed by atoms with E-state index in [0.717, 1.165) is 19.4 Å². The van der Waals surface area contributed by atoms with Gasteiger partial charge in [-0.3, -0.25) is 4.79 Å². The Hall–Kier alpha value is -1.35. The van der Waals surface area contributed by atoms with Gasteiger partial charge in [0.05, 0.1) is 12.1 Å². The highest BCUT2D eigenvalue weighted by molar-refractivity contribution is 5.77. The lowest BCUT2D eigenvalue weighted by atomic mass is 9.99. The van der Waals surface area contributed by atoms with Gasteiger partial charge < -0.3 is 10.0 Å². The van der Waals surface area contributed by atoms with Crippen molar-refractivity contribution in [1.29, 1.82) is 0 Å². The number of hydrogen-bond donors (Lipinski definition) is 1. The summed E-state index contributed by atoms with van der Waals surface area (Å²) in [7, 11) is 0. The summed E-state index contributed by atoms with van der Waals surface area (Å²) in [6.45, 7) is 4.68.